The third kappa shape index (κ3) is 2.38. The summed E-state index contributed by atoms with van der Waals surface area (Å²) >= 11 is 0. The van der Waals surface area contributed by atoms with Gasteiger partial charge >= 0.3 is 0 Å². The van der Waals surface area contributed by atoms with Gasteiger partial charge in [0.25, 0.3) is 0 Å². The first-order chi connectivity index (χ1) is 9.79. The molecule has 104 valence electrons. The first kappa shape index (κ1) is 13.0. The van der Waals surface area contributed by atoms with Crippen LogP contribution in [0.1, 0.15) is 31.9 Å². The molecule has 2 aromatic rings. The van der Waals surface area contributed by atoms with Crippen molar-refractivity contribution in [1.82, 2.24) is 0 Å². The van der Waals surface area contributed by atoms with Crippen molar-refractivity contribution in [3.05, 3.63) is 60.2 Å². The third-order valence-corrected chi connectivity index (χ3v) is 4.33. The van der Waals surface area contributed by atoms with Crippen LogP contribution in [-0.4, -0.2) is 6.04 Å². The Morgan fingerprint density at radius 1 is 1.00 bits per heavy atom. The molecule has 0 unspecified atom stereocenters. The summed E-state index contributed by atoms with van der Waals surface area (Å²) in [5.41, 5.74) is 3.83. The monoisotopic (exact) mass is 266 g/mol. The van der Waals surface area contributed by atoms with Crippen LogP contribution in [-0.2, 0) is 0 Å². The minimum atomic E-state index is 0.361. The summed E-state index contributed by atoms with van der Waals surface area (Å²) in [7, 11) is 0. The molecule has 2 N–H and O–H groups in total. The van der Waals surface area contributed by atoms with Crippen LogP contribution in [0.25, 0.3) is 0 Å². The van der Waals surface area contributed by atoms with Crippen LogP contribution in [0.3, 0.4) is 0 Å². The lowest BCUT2D eigenvalue weighted by Gasteiger charge is -2.39. The number of para-hydroxylation sites is 2. The molecule has 0 spiro atoms. The second-order valence-corrected chi connectivity index (χ2v) is 5.59. The minimum absolute atomic E-state index is 0.361. The second-order valence-electron chi connectivity index (χ2n) is 5.59. The molecule has 3 atom stereocenters. The van der Waals surface area contributed by atoms with Gasteiger partial charge in [-0.1, -0.05) is 50.2 Å². The number of nitrogens with one attached hydrogen (secondary N) is 2. The molecule has 0 saturated heterocycles. The van der Waals surface area contributed by atoms with Crippen LogP contribution in [0.2, 0.25) is 0 Å². The highest BCUT2D eigenvalue weighted by molar-refractivity contribution is 5.59. The summed E-state index contributed by atoms with van der Waals surface area (Å²) in [4.78, 5) is 0. The molecule has 2 heteroatoms. The van der Waals surface area contributed by atoms with Gasteiger partial charge in [0, 0.05) is 23.3 Å². The number of anilines is 2. The molecule has 0 fully saturated rings. The first-order valence-electron chi connectivity index (χ1n) is 7.46. The fourth-order valence-electron chi connectivity index (χ4n) is 3.14. The van der Waals surface area contributed by atoms with E-state index < -0.39 is 0 Å². The molecule has 0 bridgehead atoms. The van der Waals surface area contributed by atoms with Crippen molar-refractivity contribution in [2.45, 2.75) is 32.4 Å². The summed E-state index contributed by atoms with van der Waals surface area (Å²) in [6.45, 7) is 4.58. The minimum Gasteiger partial charge on any atom is -0.382 e. The topological polar surface area (TPSA) is 24.1 Å². The van der Waals surface area contributed by atoms with Crippen molar-refractivity contribution < 1.29 is 0 Å². The Bertz CT molecular complexity index is 565. The van der Waals surface area contributed by atoms with E-state index >= 15 is 0 Å². The molecular formula is C18H22N2. The zero-order chi connectivity index (χ0) is 13.9. The van der Waals surface area contributed by atoms with E-state index in [9.17, 15) is 0 Å². The van der Waals surface area contributed by atoms with E-state index in [1.165, 1.54) is 16.9 Å². The van der Waals surface area contributed by atoms with Gasteiger partial charge in [-0.25, -0.2) is 0 Å². The van der Waals surface area contributed by atoms with Gasteiger partial charge in [-0.2, -0.15) is 0 Å². The van der Waals surface area contributed by atoms with Gasteiger partial charge < -0.3 is 10.6 Å². The summed E-state index contributed by atoms with van der Waals surface area (Å²) in [6.07, 6.45) is 1.14. The number of hydrogen-bond acceptors (Lipinski definition) is 2. The van der Waals surface area contributed by atoms with E-state index in [1.54, 1.807) is 0 Å². The van der Waals surface area contributed by atoms with Crippen molar-refractivity contribution in [1.29, 1.82) is 0 Å². The zero-order valence-corrected chi connectivity index (χ0v) is 12.1. The van der Waals surface area contributed by atoms with Crippen molar-refractivity contribution >= 4 is 11.4 Å². The lowest BCUT2D eigenvalue weighted by atomic mass is 9.82. The molecule has 0 radical (unpaired) electrons. The van der Waals surface area contributed by atoms with Crippen LogP contribution in [0, 0.1) is 5.92 Å². The largest absolute Gasteiger partial charge is 0.382 e. The van der Waals surface area contributed by atoms with Crippen molar-refractivity contribution in [2.24, 2.45) is 5.92 Å². The van der Waals surface area contributed by atoms with Gasteiger partial charge in [0.1, 0.15) is 0 Å². The van der Waals surface area contributed by atoms with Crippen LogP contribution in [0.5, 0.6) is 0 Å². The van der Waals surface area contributed by atoms with Crippen molar-refractivity contribution in [3.63, 3.8) is 0 Å². The van der Waals surface area contributed by atoms with Crippen molar-refractivity contribution in [3.8, 4) is 0 Å². The quantitative estimate of drug-likeness (QED) is 0.843. The maximum absolute atomic E-state index is 3.71. The lowest BCUT2D eigenvalue weighted by Crippen LogP contribution is -2.38. The molecule has 1 heterocycles. The van der Waals surface area contributed by atoms with Gasteiger partial charge in [0.2, 0.25) is 0 Å². The fourth-order valence-corrected chi connectivity index (χ4v) is 3.14. The highest BCUT2D eigenvalue weighted by Gasteiger charge is 2.32. The summed E-state index contributed by atoms with van der Waals surface area (Å²) < 4.78 is 0. The Morgan fingerprint density at radius 2 is 1.70 bits per heavy atom. The van der Waals surface area contributed by atoms with Gasteiger partial charge in [0.15, 0.2) is 0 Å². The summed E-state index contributed by atoms with van der Waals surface area (Å²) in [5.74, 6) is 0.551. The molecule has 20 heavy (non-hydrogen) atoms. The van der Waals surface area contributed by atoms with E-state index in [2.05, 4.69) is 79.1 Å². The summed E-state index contributed by atoms with van der Waals surface area (Å²) in [5, 5.41) is 7.38. The molecular weight excluding hydrogens is 244 g/mol. The molecule has 1 aliphatic rings. The Kier molecular flexibility index (Phi) is 3.64. The first-order valence-corrected chi connectivity index (χ1v) is 7.46. The van der Waals surface area contributed by atoms with E-state index in [1.807, 2.05) is 0 Å². The maximum Gasteiger partial charge on any atom is 0.0579 e. The van der Waals surface area contributed by atoms with Crippen LogP contribution in [0.4, 0.5) is 11.4 Å². The molecule has 3 rings (SSSR count). The van der Waals surface area contributed by atoms with Crippen LogP contribution >= 0.6 is 0 Å². The van der Waals surface area contributed by atoms with Gasteiger partial charge in [-0.15, -0.1) is 0 Å². The predicted molar refractivity (Wildman–Crippen MR) is 86.1 cm³/mol. The van der Waals surface area contributed by atoms with Crippen molar-refractivity contribution in [2.75, 3.05) is 10.6 Å². The lowest BCUT2D eigenvalue weighted by molar-refractivity contribution is 0.400. The molecule has 2 nitrogen and oxygen atoms in total. The Hall–Kier alpha value is -1.96. The molecule has 0 saturated carbocycles. The van der Waals surface area contributed by atoms with E-state index in [4.69, 9.17) is 0 Å². The smallest absolute Gasteiger partial charge is 0.0579 e. The average molecular weight is 266 g/mol. The molecule has 0 aromatic heterocycles. The van der Waals surface area contributed by atoms with Gasteiger partial charge in [0.05, 0.1) is 6.04 Å². The molecule has 1 aliphatic heterocycles. The van der Waals surface area contributed by atoms with Gasteiger partial charge in [-0.05, 0) is 30.2 Å². The number of rotatable bonds is 3. The number of fused-ring (bicyclic) bond motifs is 1. The SMILES string of the molecule is CC[C@@H]1Nc2ccccc2[C@@H](Nc2ccccc2)[C@@H]1C. The Morgan fingerprint density at radius 3 is 2.45 bits per heavy atom. The summed E-state index contributed by atoms with van der Waals surface area (Å²) in [6, 6.07) is 20.0. The highest BCUT2D eigenvalue weighted by Crippen LogP contribution is 2.39. The molecule has 0 aliphatic carbocycles. The number of benzene rings is 2. The maximum atomic E-state index is 3.71. The second kappa shape index (κ2) is 5.58. The van der Waals surface area contributed by atoms with E-state index in [0.717, 1.165) is 6.42 Å². The standard InChI is InChI=1S/C18H22N2/c1-3-16-13(2)18(19-14-9-5-4-6-10-14)15-11-7-8-12-17(15)20-16/h4-13,16,18-20H,3H2,1-2H3/t13-,16+,18+/m1/s1. The van der Waals surface area contributed by atoms with E-state index in [0.29, 0.717) is 18.0 Å². The van der Waals surface area contributed by atoms with E-state index in [-0.39, 0.29) is 0 Å². The highest BCUT2D eigenvalue weighted by atomic mass is 15.0. The van der Waals surface area contributed by atoms with Gasteiger partial charge in [-0.3, -0.25) is 0 Å². The van der Waals surface area contributed by atoms with Crippen LogP contribution < -0.4 is 10.6 Å². The van der Waals surface area contributed by atoms with Crippen LogP contribution in [0.15, 0.2) is 54.6 Å². The predicted octanol–water partition coefficient (Wildman–Crippen LogP) is 4.68. The zero-order valence-electron chi connectivity index (χ0n) is 12.1. The average Bonchev–Trinajstić information content (AvgIpc) is 2.51. The Balaban J connectivity index is 1.95. The molecule has 0 amide bonds. The Labute approximate surface area is 121 Å². The normalized spacial score (nSPS) is 24.6. The fraction of sp³-hybridized carbons (Fsp3) is 0.333. The third-order valence-electron chi connectivity index (χ3n) is 4.33. The molecule has 2 aromatic carbocycles. The number of hydrogen-bond donors (Lipinski definition) is 2.